The van der Waals surface area contributed by atoms with Gasteiger partial charge in [0.2, 0.25) is 0 Å². The van der Waals surface area contributed by atoms with E-state index in [1.807, 2.05) is 0 Å². The van der Waals surface area contributed by atoms with Crippen molar-refractivity contribution in [1.82, 2.24) is 5.32 Å². The van der Waals surface area contributed by atoms with E-state index in [9.17, 15) is 9.90 Å². The zero-order valence-electron chi connectivity index (χ0n) is 12.2. The Hall–Kier alpha value is -1.79. The first kappa shape index (κ1) is 16.3. The van der Waals surface area contributed by atoms with Crippen molar-refractivity contribution in [3.8, 4) is 11.5 Å². The lowest BCUT2D eigenvalue weighted by Gasteiger charge is -2.27. The summed E-state index contributed by atoms with van der Waals surface area (Å²) in [4.78, 5) is 11.6. The van der Waals surface area contributed by atoms with Crippen LogP contribution in [0.3, 0.4) is 0 Å². The molecule has 0 aliphatic rings. The topological polar surface area (TPSA) is 77.0 Å². The van der Waals surface area contributed by atoms with Crippen molar-refractivity contribution < 1.29 is 24.1 Å². The van der Waals surface area contributed by atoms with Crippen LogP contribution < -0.4 is 14.8 Å². The summed E-state index contributed by atoms with van der Waals surface area (Å²) in [5, 5.41) is 12.5. The third kappa shape index (κ3) is 3.40. The summed E-state index contributed by atoms with van der Waals surface area (Å²) in [5.41, 5.74) is -0.642. The van der Waals surface area contributed by atoms with Crippen LogP contribution in [0.5, 0.6) is 11.5 Å². The van der Waals surface area contributed by atoms with E-state index in [4.69, 9.17) is 14.2 Å². The van der Waals surface area contributed by atoms with Gasteiger partial charge in [0.25, 0.3) is 0 Å². The highest BCUT2D eigenvalue weighted by Crippen LogP contribution is 2.32. The van der Waals surface area contributed by atoms with Gasteiger partial charge in [-0.25, -0.2) is 4.79 Å². The first-order chi connectivity index (χ1) is 9.49. The third-order valence-corrected chi connectivity index (χ3v) is 3.17. The molecule has 0 spiro atoms. The lowest BCUT2D eigenvalue weighted by molar-refractivity contribution is -0.144. The second kappa shape index (κ2) is 7.12. The van der Waals surface area contributed by atoms with Crippen molar-refractivity contribution >= 4 is 5.97 Å². The highest BCUT2D eigenvalue weighted by Gasteiger charge is 2.35. The fourth-order valence-corrected chi connectivity index (χ4v) is 1.85. The number of benzene rings is 1. The quantitative estimate of drug-likeness (QED) is 0.699. The van der Waals surface area contributed by atoms with Gasteiger partial charge in [-0.1, -0.05) is 6.07 Å². The molecule has 0 amide bonds. The number of carboxylic acids is 1. The number of carboxylic acid groups (broad SMARTS) is 1. The fraction of sp³-hybridized carbons (Fsp3) is 0.500. The molecule has 0 radical (unpaired) electrons. The molecule has 0 fully saturated rings. The second-order valence-corrected chi connectivity index (χ2v) is 4.42. The third-order valence-electron chi connectivity index (χ3n) is 3.17. The van der Waals surface area contributed by atoms with E-state index in [0.717, 1.165) is 0 Å². The largest absolute Gasteiger partial charge is 0.493 e. The van der Waals surface area contributed by atoms with Gasteiger partial charge in [-0.05, 0) is 24.6 Å². The van der Waals surface area contributed by atoms with Gasteiger partial charge < -0.3 is 19.3 Å². The van der Waals surface area contributed by atoms with E-state index >= 15 is 0 Å². The van der Waals surface area contributed by atoms with Gasteiger partial charge in [0.15, 0.2) is 11.5 Å². The Morgan fingerprint density at radius 2 is 1.90 bits per heavy atom. The highest BCUT2D eigenvalue weighted by molar-refractivity contribution is 5.80. The van der Waals surface area contributed by atoms with E-state index in [1.54, 1.807) is 32.2 Å². The molecule has 6 nitrogen and oxygen atoms in total. The van der Waals surface area contributed by atoms with Crippen molar-refractivity contribution in [3.63, 3.8) is 0 Å². The number of hydrogen-bond acceptors (Lipinski definition) is 5. The summed E-state index contributed by atoms with van der Waals surface area (Å²) < 4.78 is 15.3. The molecule has 1 unspecified atom stereocenters. The Labute approximate surface area is 118 Å². The molecule has 1 atom stereocenters. The van der Waals surface area contributed by atoms with Crippen molar-refractivity contribution in [3.05, 3.63) is 23.8 Å². The van der Waals surface area contributed by atoms with Crippen molar-refractivity contribution in [2.45, 2.75) is 12.5 Å². The molecule has 0 aliphatic carbocycles. The van der Waals surface area contributed by atoms with E-state index in [0.29, 0.717) is 30.2 Å². The summed E-state index contributed by atoms with van der Waals surface area (Å²) >= 11 is 0. The van der Waals surface area contributed by atoms with Gasteiger partial charge in [0, 0.05) is 13.7 Å². The van der Waals surface area contributed by atoms with Crippen LogP contribution in [0.4, 0.5) is 0 Å². The number of nitrogens with one attached hydrogen (secondary N) is 1. The summed E-state index contributed by atoms with van der Waals surface area (Å²) in [6, 6.07) is 5.05. The summed E-state index contributed by atoms with van der Waals surface area (Å²) in [6.07, 6.45) is 0. The molecular weight excluding hydrogens is 262 g/mol. The maximum absolute atomic E-state index is 11.6. The highest BCUT2D eigenvalue weighted by atomic mass is 16.5. The van der Waals surface area contributed by atoms with Crippen LogP contribution in [0, 0.1) is 0 Å². The zero-order chi connectivity index (χ0) is 15.2. The first-order valence-corrected chi connectivity index (χ1v) is 6.19. The molecule has 0 aliphatic heterocycles. The van der Waals surface area contributed by atoms with Crippen molar-refractivity contribution in [2.24, 2.45) is 0 Å². The number of ether oxygens (including phenoxy) is 3. The number of aliphatic carboxylic acids is 1. The molecule has 0 saturated heterocycles. The minimum absolute atomic E-state index is 0.424. The molecule has 112 valence electrons. The van der Waals surface area contributed by atoms with Crippen LogP contribution in [0.2, 0.25) is 0 Å². The lowest BCUT2D eigenvalue weighted by atomic mass is 9.91. The number of methoxy groups -OCH3 is 3. The molecule has 1 aromatic rings. The van der Waals surface area contributed by atoms with Gasteiger partial charge >= 0.3 is 5.97 Å². The van der Waals surface area contributed by atoms with Gasteiger partial charge in [-0.3, -0.25) is 5.32 Å². The van der Waals surface area contributed by atoms with Crippen LogP contribution in [0.15, 0.2) is 18.2 Å². The Balaban J connectivity index is 3.11. The Bertz CT molecular complexity index is 463. The lowest BCUT2D eigenvalue weighted by Crippen LogP contribution is -2.47. The predicted molar refractivity (Wildman–Crippen MR) is 74.4 cm³/mol. The van der Waals surface area contributed by atoms with Crippen molar-refractivity contribution in [2.75, 3.05) is 34.5 Å². The normalized spacial score (nSPS) is 13.6. The molecule has 1 rings (SSSR count). The summed E-state index contributed by atoms with van der Waals surface area (Å²) in [7, 11) is 4.61. The second-order valence-electron chi connectivity index (χ2n) is 4.42. The predicted octanol–water partition coefficient (Wildman–Crippen LogP) is 1.24. The van der Waals surface area contributed by atoms with Crippen molar-refractivity contribution in [1.29, 1.82) is 0 Å². The summed E-state index contributed by atoms with van der Waals surface area (Å²) in [5.74, 6) is 0.0766. The van der Waals surface area contributed by atoms with Gasteiger partial charge in [0.05, 0.1) is 20.8 Å². The molecule has 0 aromatic heterocycles. The zero-order valence-corrected chi connectivity index (χ0v) is 12.2. The average molecular weight is 283 g/mol. The van der Waals surface area contributed by atoms with Crippen LogP contribution in [-0.2, 0) is 15.1 Å². The Morgan fingerprint density at radius 1 is 1.25 bits per heavy atom. The summed E-state index contributed by atoms with van der Waals surface area (Å²) in [6.45, 7) is 2.45. The SMILES string of the molecule is COCCNC(C)(C(=O)O)c1ccc(OC)c(OC)c1. The van der Waals surface area contributed by atoms with E-state index in [2.05, 4.69) is 5.32 Å². The minimum Gasteiger partial charge on any atom is -0.493 e. The molecule has 6 heteroatoms. The molecule has 1 aromatic carbocycles. The van der Waals surface area contributed by atoms with Crippen LogP contribution >= 0.6 is 0 Å². The van der Waals surface area contributed by atoms with E-state index in [1.165, 1.54) is 14.2 Å². The van der Waals surface area contributed by atoms with Gasteiger partial charge in [0.1, 0.15) is 5.54 Å². The number of rotatable bonds is 8. The molecular formula is C14H21NO5. The standard InChI is InChI=1S/C14H21NO5/c1-14(13(16)17,15-7-8-18-2)10-5-6-11(19-3)12(9-10)20-4/h5-6,9,15H,7-8H2,1-4H3,(H,16,17). The van der Waals surface area contributed by atoms with Gasteiger partial charge in [-0.15, -0.1) is 0 Å². The fourth-order valence-electron chi connectivity index (χ4n) is 1.85. The smallest absolute Gasteiger partial charge is 0.328 e. The Morgan fingerprint density at radius 3 is 2.40 bits per heavy atom. The maximum Gasteiger partial charge on any atom is 0.328 e. The van der Waals surface area contributed by atoms with E-state index in [-0.39, 0.29) is 0 Å². The molecule has 20 heavy (non-hydrogen) atoms. The number of carbonyl (C=O) groups is 1. The molecule has 2 N–H and O–H groups in total. The van der Waals surface area contributed by atoms with Crippen LogP contribution in [0.25, 0.3) is 0 Å². The van der Waals surface area contributed by atoms with E-state index < -0.39 is 11.5 Å². The minimum atomic E-state index is -1.22. The molecule has 0 saturated carbocycles. The number of hydrogen-bond donors (Lipinski definition) is 2. The van der Waals surface area contributed by atoms with Gasteiger partial charge in [-0.2, -0.15) is 0 Å². The molecule has 0 bridgehead atoms. The Kier molecular flexibility index (Phi) is 5.79. The monoisotopic (exact) mass is 283 g/mol. The molecule has 0 heterocycles. The maximum atomic E-state index is 11.6. The van der Waals surface area contributed by atoms with Crippen LogP contribution in [0.1, 0.15) is 12.5 Å². The van der Waals surface area contributed by atoms with Crippen LogP contribution in [-0.4, -0.2) is 45.6 Å². The first-order valence-electron chi connectivity index (χ1n) is 6.19. The average Bonchev–Trinajstić information content (AvgIpc) is 2.46.